The maximum atomic E-state index is 10.6. The molecule has 0 spiro atoms. The number of fused-ring (bicyclic) bond motifs is 1. The average molecular weight is 222 g/mol. The standard InChI is InChI=1S/C11H10O3S/c12-5-8-6-15-10-2-1-7(3-9(8)10)4-11(13)14/h1-3,6,12H,4-5H2,(H,13,14). The summed E-state index contributed by atoms with van der Waals surface area (Å²) in [5.41, 5.74) is 1.63. The lowest BCUT2D eigenvalue weighted by Crippen LogP contribution is -1.99. The van der Waals surface area contributed by atoms with Gasteiger partial charge < -0.3 is 10.2 Å². The molecule has 4 heteroatoms. The van der Waals surface area contributed by atoms with Gasteiger partial charge in [-0.05, 0) is 34.0 Å². The SMILES string of the molecule is O=C(O)Cc1ccc2scc(CO)c2c1. The molecule has 1 aromatic heterocycles. The van der Waals surface area contributed by atoms with Crippen LogP contribution >= 0.6 is 11.3 Å². The molecule has 0 atom stereocenters. The normalized spacial score (nSPS) is 10.7. The zero-order valence-electron chi connectivity index (χ0n) is 7.93. The van der Waals surface area contributed by atoms with E-state index in [0.29, 0.717) is 0 Å². The third-order valence-corrected chi connectivity index (χ3v) is 3.26. The summed E-state index contributed by atoms with van der Waals surface area (Å²) in [6.45, 7) is -0.00345. The van der Waals surface area contributed by atoms with E-state index in [1.807, 2.05) is 23.6 Å². The van der Waals surface area contributed by atoms with E-state index in [1.165, 1.54) is 0 Å². The molecule has 0 amide bonds. The number of carbonyl (C=O) groups is 1. The van der Waals surface area contributed by atoms with E-state index in [-0.39, 0.29) is 13.0 Å². The second-order valence-electron chi connectivity index (χ2n) is 3.32. The van der Waals surface area contributed by atoms with E-state index < -0.39 is 5.97 Å². The molecule has 0 saturated heterocycles. The molecule has 2 aromatic rings. The van der Waals surface area contributed by atoms with Gasteiger partial charge in [-0.2, -0.15) is 0 Å². The minimum absolute atomic E-state index is 0.00345. The van der Waals surface area contributed by atoms with Crippen LogP contribution in [-0.4, -0.2) is 16.2 Å². The van der Waals surface area contributed by atoms with Gasteiger partial charge in [-0.25, -0.2) is 0 Å². The van der Waals surface area contributed by atoms with Gasteiger partial charge in [0.15, 0.2) is 0 Å². The van der Waals surface area contributed by atoms with Gasteiger partial charge in [0.1, 0.15) is 0 Å². The highest BCUT2D eigenvalue weighted by molar-refractivity contribution is 7.17. The van der Waals surface area contributed by atoms with Crippen molar-refractivity contribution in [3.63, 3.8) is 0 Å². The summed E-state index contributed by atoms with van der Waals surface area (Å²) in [6.07, 6.45) is 0.0245. The Morgan fingerprint density at radius 3 is 2.87 bits per heavy atom. The summed E-state index contributed by atoms with van der Waals surface area (Å²) in [6, 6.07) is 5.55. The first-order valence-electron chi connectivity index (χ1n) is 4.52. The lowest BCUT2D eigenvalue weighted by atomic mass is 10.1. The monoisotopic (exact) mass is 222 g/mol. The van der Waals surface area contributed by atoms with Crippen molar-refractivity contribution in [2.24, 2.45) is 0 Å². The fraction of sp³-hybridized carbons (Fsp3) is 0.182. The number of aliphatic hydroxyl groups excluding tert-OH is 1. The lowest BCUT2D eigenvalue weighted by molar-refractivity contribution is -0.136. The van der Waals surface area contributed by atoms with Gasteiger partial charge in [0.25, 0.3) is 0 Å². The van der Waals surface area contributed by atoms with E-state index in [0.717, 1.165) is 21.2 Å². The molecule has 0 fully saturated rings. The number of carboxylic acids is 1. The van der Waals surface area contributed by atoms with Crippen LogP contribution < -0.4 is 0 Å². The van der Waals surface area contributed by atoms with Gasteiger partial charge in [0, 0.05) is 4.70 Å². The van der Waals surface area contributed by atoms with Crippen LogP contribution in [0.4, 0.5) is 0 Å². The summed E-state index contributed by atoms with van der Waals surface area (Å²) >= 11 is 1.56. The Labute approximate surface area is 90.6 Å². The number of aliphatic carboxylic acids is 1. The van der Waals surface area contributed by atoms with Gasteiger partial charge >= 0.3 is 5.97 Å². The van der Waals surface area contributed by atoms with Crippen molar-refractivity contribution in [3.05, 3.63) is 34.7 Å². The van der Waals surface area contributed by atoms with E-state index in [9.17, 15) is 4.79 Å². The molecule has 1 aromatic carbocycles. The van der Waals surface area contributed by atoms with Crippen LogP contribution in [0.25, 0.3) is 10.1 Å². The number of hydrogen-bond donors (Lipinski definition) is 2. The first kappa shape index (κ1) is 10.1. The van der Waals surface area contributed by atoms with E-state index in [1.54, 1.807) is 11.3 Å². The number of aliphatic hydroxyl groups is 1. The molecule has 0 aliphatic rings. The van der Waals surface area contributed by atoms with Crippen molar-refractivity contribution in [1.29, 1.82) is 0 Å². The molecular weight excluding hydrogens is 212 g/mol. The van der Waals surface area contributed by atoms with Crippen LogP contribution in [0.5, 0.6) is 0 Å². The minimum atomic E-state index is -0.838. The highest BCUT2D eigenvalue weighted by atomic mass is 32.1. The molecule has 0 radical (unpaired) electrons. The van der Waals surface area contributed by atoms with Gasteiger partial charge in [0.05, 0.1) is 13.0 Å². The summed E-state index contributed by atoms with van der Waals surface area (Å²) in [7, 11) is 0. The molecule has 1 heterocycles. The second-order valence-corrected chi connectivity index (χ2v) is 4.23. The number of thiophene rings is 1. The highest BCUT2D eigenvalue weighted by Crippen LogP contribution is 2.27. The molecule has 2 N–H and O–H groups in total. The predicted molar refractivity (Wildman–Crippen MR) is 59.1 cm³/mol. The quantitative estimate of drug-likeness (QED) is 0.835. The van der Waals surface area contributed by atoms with E-state index in [2.05, 4.69) is 0 Å². The van der Waals surface area contributed by atoms with Crippen molar-refractivity contribution in [2.45, 2.75) is 13.0 Å². The summed E-state index contributed by atoms with van der Waals surface area (Å²) in [4.78, 5) is 10.6. The Balaban J connectivity index is 2.47. The molecule has 0 aliphatic heterocycles. The smallest absolute Gasteiger partial charge is 0.307 e. The lowest BCUT2D eigenvalue weighted by Gasteiger charge is -1.98. The molecule has 78 valence electrons. The van der Waals surface area contributed by atoms with E-state index >= 15 is 0 Å². The van der Waals surface area contributed by atoms with E-state index in [4.69, 9.17) is 10.2 Å². The maximum absolute atomic E-state index is 10.6. The van der Waals surface area contributed by atoms with Crippen molar-refractivity contribution in [2.75, 3.05) is 0 Å². The Bertz CT molecular complexity index is 502. The number of benzene rings is 1. The topological polar surface area (TPSA) is 57.5 Å². The van der Waals surface area contributed by atoms with Crippen LogP contribution in [0.15, 0.2) is 23.6 Å². The van der Waals surface area contributed by atoms with Crippen molar-refractivity contribution < 1.29 is 15.0 Å². The van der Waals surface area contributed by atoms with Gasteiger partial charge in [-0.15, -0.1) is 11.3 Å². The third kappa shape index (κ3) is 2.00. The molecular formula is C11H10O3S. The molecule has 0 unspecified atom stereocenters. The van der Waals surface area contributed by atoms with Gasteiger partial charge in [-0.3, -0.25) is 4.79 Å². The van der Waals surface area contributed by atoms with Crippen LogP contribution in [0, 0.1) is 0 Å². The summed E-state index contributed by atoms with van der Waals surface area (Å²) in [5, 5.41) is 20.6. The fourth-order valence-electron chi connectivity index (χ4n) is 1.54. The minimum Gasteiger partial charge on any atom is -0.481 e. The summed E-state index contributed by atoms with van der Waals surface area (Å²) in [5.74, 6) is -0.838. The number of carboxylic acid groups (broad SMARTS) is 1. The maximum Gasteiger partial charge on any atom is 0.307 e. The Kier molecular flexibility index (Phi) is 2.70. The number of hydrogen-bond acceptors (Lipinski definition) is 3. The van der Waals surface area contributed by atoms with Crippen LogP contribution in [-0.2, 0) is 17.8 Å². The Morgan fingerprint density at radius 1 is 1.40 bits per heavy atom. The number of rotatable bonds is 3. The van der Waals surface area contributed by atoms with Crippen LogP contribution in [0.3, 0.4) is 0 Å². The molecule has 15 heavy (non-hydrogen) atoms. The predicted octanol–water partition coefficient (Wildman–Crippen LogP) is 2.02. The third-order valence-electron chi connectivity index (χ3n) is 2.24. The zero-order chi connectivity index (χ0) is 10.8. The van der Waals surface area contributed by atoms with Crippen molar-refractivity contribution in [3.8, 4) is 0 Å². The average Bonchev–Trinajstić information content (AvgIpc) is 2.59. The van der Waals surface area contributed by atoms with Gasteiger partial charge in [-0.1, -0.05) is 6.07 Å². The fourth-order valence-corrected chi connectivity index (χ4v) is 2.47. The second kappa shape index (κ2) is 4.00. The molecule has 0 aliphatic carbocycles. The highest BCUT2D eigenvalue weighted by Gasteiger charge is 2.06. The van der Waals surface area contributed by atoms with Crippen LogP contribution in [0.1, 0.15) is 11.1 Å². The molecule has 0 saturated carbocycles. The first-order valence-corrected chi connectivity index (χ1v) is 5.40. The van der Waals surface area contributed by atoms with Crippen LogP contribution in [0.2, 0.25) is 0 Å². The van der Waals surface area contributed by atoms with Crippen molar-refractivity contribution in [1.82, 2.24) is 0 Å². The van der Waals surface area contributed by atoms with Crippen molar-refractivity contribution >= 4 is 27.4 Å². The first-order chi connectivity index (χ1) is 7.20. The molecule has 3 nitrogen and oxygen atoms in total. The van der Waals surface area contributed by atoms with Gasteiger partial charge in [0.2, 0.25) is 0 Å². The largest absolute Gasteiger partial charge is 0.481 e. The zero-order valence-corrected chi connectivity index (χ0v) is 8.75. The molecule has 2 rings (SSSR count). The summed E-state index contributed by atoms with van der Waals surface area (Å²) < 4.78 is 1.08. The molecule has 0 bridgehead atoms. The Hall–Kier alpha value is -1.39. The Morgan fingerprint density at radius 2 is 2.20 bits per heavy atom.